The van der Waals surface area contributed by atoms with Crippen LogP contribution >= 0.6 is 0 Å². The lowest BCUT2D eigenvalue weighted by Gasteiger charge is -2.13. The van der Waals surface area contributed by atoms with Crippen molar-refractivity contribution in [3.63, 3.8) is 0 Å². The van der Waals surface area contributed by atoms with Crippen LogP contribution in [-0.2, 0) is 0 Å². The Morgan fingerprint density at radius 1 is 0.944 bits per heavy atom. The van der Waals surface area contributed by atoms with E-state index < -0.39 is 11.6 Å². The summed E-state index contributed by atoms with van der Waals surface area (Å²) in [6.07, 6.45) is 0. The van der Waals surface area contributed by atoms with Gasteiger partial charge in [0.15, 0.2) is 0 Å². The molecule has 6 heteroatoms. The van der Waals surface area contributed by atoms with Gasteiger partial charge < -0.3 is 9.94 Å². The maximum atomic E-state index is 13.1. The van der Waals surface area contributed by atoms with Crippen LogP contribution in [0.2, 0.25) is 0 Å². The number of hydrogen-bond acceptors (Lipinski definition) is 2. The summed E-state index contributed by atoms with van der Waals surface area (Å²) >= 11 is 0. The zero-order valence-electron chi connectivity index (χ0n) is 8.93. The van der Waals surface area contributed by atoms with E-state index in [1.54, 1.807) is 0 Å². The molecule has 0 aliphatic rings. The van der Waals surface area contributed by atoms with E-state index >= 15 is 0 Å². The predicted octanol–water partition coefficient (Wildman–Crippen LogP) is 2.33. The van der Waals surface area contributed by atoms with Gasteiger partial charge in [-0.1, -0.05) is 0 Å². The smallest absolute Gasteiger partial charge is 0.289 e. The zero-order valence-corrected chi connectivity index (χ0v) is 8.93. The molecule has 0 atom stereocenters. The molecule has 18 heavy (non-hydrogen) atoms. The minimum atomic E-state index is -0.617. The van der Waals surface area contributed by atoms with Gasteiger partial charge in [0.25, 0.3) is 11.0 Å². The van der Waals surface area contributed by atoms with Gasteiger partial charge in [-0.15, -0.1) is 0 Å². The van der Waals surface area contributed by atoms with E-state index in [-0.39, 0.29) is 22.1 Å². The van der Waals surface area contributed by atoms with Crippen molar-refractivity contribution in [1.82, 2.24) is 4.73 Å². The minimum Gasteiger partial charge on any atom is -0.805 e. The molecule has 3 aromatic rings. The number of benzene rings is 2. The highest BCUT2D eigenvalue weighted by Crippen LogP contribution is 2.18. The van der Waals surface area contributed by atoms with E-state index in [1.165, 1.54) is 12.1 Å². The van der Waals surface area contributed by atoms with Crippen molar-refractivity contribution in [2.24, 2.45) is 0 Å². The summed E-state index contributed by atoms with van der Waals surface area (Å²) in [4.78, 5) is 12.0. The van der Waals surface area contributed by atoms with E-state index in [1.807, 2.05) is 0 Å². The van der Waals surface area contributed by atoms with Crippen molar-refractivity contribution in [2.75, 3.05) is 0 Å². The Hall–Kier alpha value is -2.50. The van der Waals surface area contributed by atoms with Crippen molar-refractivity contribution in [2.45, 2.75) is 0 Å². The molecule has 0 amide bonds. The van der Waals surface area contributed by atoms with Gasteiger partial charge in [-0.2, -0.15) is 0 Å². The van der Waals surface area contributed by atoms with Crippen LogP contribution in [-0.4, -0.2) is 4.73 Å². The van der Waals surface area contributed by atoms with Gasteiger partial charge in [0.2, 0.25) is 0 Å². The second-order valence-electron chi connectivity index (χ2n) is 3.85. The second-order valence-corrected chi connectivity index (χ2v) is 3.85. The van der Waals surface area contributed by atoms with Crippen LogP contribution in [0.5, 0.6) is 0 Å². The number of halogens is 2. The van der Waals surface area contributed by atoms with Gasteiger partial charge in [-0.3, -0.25) is 0 Å². The molecular weight excluding hydrogens is 242 g/mol. The van der Waals surface area contributed by atoms with Crippen molar-refractivity contribution < 1.29 is 13.2 Å². The fraction of sp³-hybridized carbons (Fsp3) is 0. The van der Waals surface area contributed by atoms with Crippen molar-refractivity contribution in [1.29, 1.82) is 0 Å². The van der Waals surface area contributed by atoms with Gasteiger partial charge in [0.1, 0.15) is 22.7 Å². The monoisotopic (exact) mass is 248 g/mol. The summed E-state index contributed by atoms with van der Waals surface area (Å²) in [5.74, 6) is -1.23. The van der Waals surface area contributed by atoms with Crippen LogP contribution in [0, 0.1) is 21.7 Å². The van der Waals surface area contributed by atoms with Crippen LogP contribution in [0.4, 0.5) is 8.78 Å². The first kappa shape index (κ1) is 10.6. The molecule has 1 heterocycles. The van der Waals surface area contributed by atoms with E-state index in [0.717, 1.165) is 24.3 Å². The largest absolute Gasteiger partial charge is 0.805 e. The average Bonchev–Trinajstić information content (AvgIpc) is 2.36. The molecule has 0 saturated heterocycles. The van der Waals surface area contributed by atoms with Crippen LogP contribution < -0.4 is 4.43 Å². The molecule has 90 valence electrons. The first-order chi connectivity index (χ1) is 8.58. The Morgan fingerprint density at radius 3 is 2.39 bits per heavy atom. The summed E-state index contributed by atoms with van der Waals surface area (Å²) in [7, 11) is 0. The maximum Gasteiger partial charge on any atom is 0.289 e. The third kappa shape index (κ3) is 1.35. The number of rotatable bonds is 0. The Morgan fingerprint density at radius 2 is 1.61 bits per heavy atom. The van der Waals surface area contributed by atoms with E-state index in [4.69, 9.17) is 0 Å². The van der Waals surface area contributed by atoms with Gasteiger partial charge >= 0.3 is 0 Å². The lowest BCUT2D eigenvalue weighted by atomic mass is 10.2. The summed E-state index contributed by atoms with van der Waals surface area (Å²) in [5.41, 5.74) is -0.206. The molecule has 0 aliphatic heterocycles. The number of nitrogens with zero attached hydrogens (tertiary/aromatic N) is 2. The van der Waals surface area contributed by atoms with Crippen LogP contribution in [0.1, 0.15) is 0 Å². The minimum absolute atomic E-state index is 0.00972. The zero-order chi connectivity index (χ0) is 12.9. The molecule has 1 aromatic heterocycles. The quantitative estimate of drug-likeness (QED) is 0.453. The van der Waals surface area contributed by atoms with Gasteiger partial charge in [0.05, 0.1) is 10.5 Å². The van der Waals surface area contributed by atoms with E-state index in [2.05, 4.69) is 0 Å². The van der Waals surface area contributed by atoms with Crippen LogP contribution in [0.3, 0.4) is 0 Å². The SMILES string of the molecule is O=[n+]1c2ccc(F)cc2n([O-])c2ccc(F)cc21. The second kappa shape index (κ2) is 3.49. The van der Waals surface area contributed by atoms with E-state index in [0.29, 0.717) is 9.16 Å². The van der Waals surface area contributed by atoms with Crippen molar-refractivity contribution in [3.8, 4) is 0 Å². The summed E-state index contributed by atoms with van der Waals surface area (Å²) in [5, 5.41) is 12.0. The first-order valence-electron chi connectivity index (χ1n) is 5.11. The molecule has 3 rings (SSSR count). The standard InChI is InChI=1S/C12H6F2N2O2/c13-7-1-3-9-11(5-7)16(18)10-4-2-8(14)6-12(10)15(9)17/h1-6H. The molecule has 0 aliphatic carbocycles. The highest BCUT2D eigenvalue weighted by molar-refractivity contribution is 5.83. The van der Waals surface area contributed by atoms with Crippen molar-refractivity contribution in [3.05, 3.63) is 58.1 Å². The fourth-order valence-corrected chi connectivity index (χ4v) is 1.92. The van der Waals surface area contributed by atoms with Gasteiger partial charge in [-0.25, -0.2) is 8.78 Å². The average molecular weight is 248 g/mol. The molecule has 0 radical (unpaired) electrons. The molecule has 0 saturated carbocycles. The lowest BCUT2D eigenvalue weighted by Crippen LogP contribution is -2.19. The molecule has 0 unspecified atom stereocenters. The highest BCUT2D eigenvalue weighted by atomic mass is 19.1. The Kier molecular flexibility index (Phi) is 2.07. The molecule has 0 N–H and O–H groups in total. The topological polar surface area (TPSA) is 51.0 Å². The molecular formula is C12H6F2N2O2. The Labute approximate surface area is 98.9 Å². The first-order valence-corrected chi connectivity index (χ1v) is 5.11. The third-order valence-electron chi connectivity index (χ3n) is 2.75. The van der Waals surface area contributed by atoms with Gasteiger partial charge in [-0.05, 0) is 18.2 Å². The highest BCUT2D eigenvalue weighted by Gasteiger charge is 2.16. The summed E-state index contributed by atoms with van der Waals surface area (Å²) < 4.78 is 27.0. The fourth-order valence-electron chi connectivity index (χ4n) is 1.92. The third-order valence-corrected chi connectivity index (χ3v) is 2.75. The lowest BCUT2D eigenvalue weighted by molar-refractivity contribution is -0.433. The number of aromatic nitrogens is 2. The molecule has 4 nitrogen and oxygen atoms in total. The predicted molar refractivity (Wildman–Crippen MR) is 61.5 cm³/mol. The Bertz CT molecular complexity index is 843. The van der Waals surface area contributed by atoms with E-state index in [9.17, 15) is 18.9 Å². The summed E-state index contributed by atoms with van der Waals surface area (Å²) in [6, 6.07) is 6.47. The van der Waals surface area contributed by atoms with Crippen LogP contribution in [0.15, 0.2) is 36.4 Å². The normalized spacial score (nSPS) is 11.2. The van der Waals surface area contributed by atoms with Crippen molar-refractivity contribution >= 4 is 22.1 Å². The number of hydrogen-bond donors (Lipinski definition) is 0. The summed E-state index contributed by atoms with van der Waals surface area (Å²) in [6.45, 7) is 0. The maximum absolute atomic E-state index is 13.1. The van der Waals surface area contributed by atoms with Gasteiger partial charge in [0, 0.05) is 17.0 Å². The molecule has 0 fully saturated rings. The molecule has 0 spiro atoms. The van der Waals surface area contributed by atoms with Crippen LogP contribution in [0.25, 0.3) is 22.1 Å². The molecule has 0 bridgehead atoms. The molecule has 2 aromatic carbocycles. The Balaban J connectivity index is 2.65. The number of fused-ring (bicyclic) bond motifs is 2.